The molecule has 3 saturated heterocycles. The van der Waals surface area contributed by atoms with Crippen molar-refractivity contribution in [2.75, 3.05) is 33.5 Å². The normalized spacial score (nSPS) is 22.1. The Labute approximate surface area is 190 Å². The fraction of sp³-hybridized carbons (Fsp3) is 0.435. The van der Waals surface area contributed by atoms with E-state index in [0.29, 0.717) is 12.0 Å². The lowest BCUT2D eigenvalue weighted by atomic mass is 9.84. The average Bonchev–Trinajstić information content (AvgIpc) is 3.53. The van der Waals surface area contributed by atoms with Crippen molar-refractivity contribution in [3.63, 3.8) is 0 Å². The first-order valence-electron chi connectivity index (χ1n) is 10.9. The van der Waals surface area contributed by atoms with Gasteiger partial charge in [-0.05, 0) is 55.1 Å². The number of rotatable bonds is 6. The monoisotopic (exact) mass is 455 g/mol. The Hall–Kier alpha value is -2.78. The van der Waals surface area contributed by atoms with Gasteiger partial charge < -0.3 is 9.64 Å². The lowest BCUT2D eigenvalue weighted by Crippen LogP contribution is -2.48. The zero-order chi connectivity index (χ0) is 22.1. The Morgan fingerprint density at radius 2 is 1.94 bits per heavy atom. The molecule has 2 aromatic heterocycles. The van der Waals surface area contributed by atoms with Gasteiger partial charge in [-0.3, -0.25) is 4.90 Å². The number of ether oxygens (including phenoxy) is 1. The van der Waals surface area contributed by atoms with E-state index < -0.39 is 12.9 Å². The predicted molar refractivity (Wildman–Crippen MR) is 121 cm³/mol. The number of piperidine rings is 3. The summed E-state index contributed by atoms with van der Waals surface area (Å²) in [6.07, 6.45) is 3.92. The van der Waals surface area contributed by atoms with E-state index in [1.807, 2.05) is 24.3 Å². The van der Waals surface area contributed by atoms with Crippen molar-refractivity contribution in [1.29, 1.82) is 0 Å². The molecule has 32 heavy (non-hydrogen) atoms. The molecule has 0 aliphatic carbocycles. The molecular formula is C23H26FN5O2S. The summed E-state index contributed by atoms with van der Waals surface area (Å²) in [5, 5.41) is 8.91. The number of benzene rings is 1. The standard InChI is InChI=1S/C23H26FN5O2S/c1-31-23(30)28(15-24)12-16-2-4-18(5-3-16)21-6-7-22(32-21)19-13-29(26-25-19)20-14-27-10-8-17(20)9-11-27/h2-7,13,17,20H,8-12,14-15H2,1H3/t20-/m0/s1. The van der Waals surface area contributed by atoms with Crippen LogP contribution >= 0.6 is 11.3 Å². The molecule has 0 unspecified atom stereocenters. The van der Waals surface area contributed by atoms with Gasteiger partial charge in [0, 0.05) is 11.4 Å². The Morgan fingerprint density at radius 1 is 1.19 bits per heavy atom. The van der Waals surface area contributed by atoms with Gasteiger partial charge in [0.2, 0.25) is 0 Å². The van der Waals surface area contributed by atoms with Crippen LogP contribution in [0.5, 0.6) is 0 Å². The molecule has 0 N–H and O–H groups in total. The second-order valence-electron chi connectivity index (χ2n) is 8.44. The zero-order valence-corrected chi connectivity index (χ0v) is 18.8. The summed E-state index contributed by atoms with van der Waals surface area (Å²) in [5.74, 6) is 0.708. The number of aromatic nitrogens is 3. The van der Waals surface area contributed by atoms with Crippen molar-refractivity contribution in [3.05, 3.63) is 48.2 Å². The quantitative estimate of drug-likeness (QED) is 0.515. The fourth-order valence-electron chi connectivity index (χ4n) is 4.70. The van der Waals surface area contributed by atoms with Gasteiger partial charge in [0.15, 0.2) is 6.80 Å². The van der Waals surface area contributed by atoms with E-state index in [1.54, 1.807) is 11.3 Å². The SMILES string of the molecule is COC(=O)N(CF)Cc1ccc(-c2ccc(-c3cn([C@H]4CN5CCC4CC5)nn3)s2)cc1. The minimum Gasteiger partial charge on any atom is -0.453 e. The van der Waals surface area contributed by atoms with Crippen LogP contribution in [0.3, 0.4) is 0 Å². The van der Waals surface area contributed by atoms with Crippen LogP contribution in [0.15, 0.2) is 42.6 Å². The van der Waals surface area contributed by atoms with E-state index >= 15 is 0 Å². The number of thiophene rings is 1. The molecule has 6 rings (SSSR count). The summed E-state index contributed by atoms with van der Waals surface area (Å²) in [7, 11) is 1.25. The number of halogens is 1. The summed E-state index contributed by atoms with van der Waals surface area (Å²) < 4.78 is 19.7. The number of amides is 1. The van der Waals surface area contributed by atoms with E-state index in [-0.39, 0.29) is 6.54 Å². The van der Waals surface area contributed by atoms with Crippen molar-refractivity contribution >= 4 is 17.4 Å². The molecule has 3 aliphatic heterocycles. The molecule has 7 nitrogen and oxygen atoms in total. The third-order valence-corrected chi connectivity index (χ3v) is 7.68. The van der Waals surface area contributed by atoms with Crippen LogP contribution in [0, 0.1) is 5.92 Å². The molecule has 3 fully saturated rings. The first-order valence-corrected chi connectivity index (χ1v) is 11.7. The predicted octanol–water partition coefficient (Wildman–Crippen LogP) is 4.44. The molecule has 1 amide bonds. The zero-order valence-electron chi connectivity index (χ0n) is 18.0. The lowest BCUT2D eigenvalue weighted by molar-refractivity contribution is 0.0504. The Bertz CT molecular complexity index is 1070. The second-order valence-corrected chi connectivity index (χ2v) is 9.52. The highest BCUT2D eigenvalue weighted by Crippen LogP contribution is 2.37. The molecule has 0 saturated carbocycles. The molecule has 9 heteroatoms. The fourth-order valence-corrected chi connectivity index (χ4v) is 5.66. The number of nitrogens with zero attached hydrogens (tertiary/aromatic N) is 5. The molecule has 0 radical (unpaired) electrons. The summed E-state index contributed by atoms with van der Waals surface area (Å²) in [4.78, 5) is 17.3. The van der Waals surface area contributed by atoms with Crippen molar-refractivity contribution in [1.82, 2.24) is 24.8 Å². The number of hydrogen-bond acceptors (Lipinski definition) is 6. The van der Waals surface area contributed by atoms with Gasteiger partial charge in [-0.1, -0.05) is 29.5 Å². The third-order valence-electron chi connectivity index (χ3n) is 6.52. The second kappa shape index (κ2) is 8.99. The number of carbonyl (C=O) groups excluding carboxylic acids is 1. The van der Waals surface area contributed by atoms with E-state index in [0.717, 1.165) is 38.0 Å². The minimum absolute atomic E-state index is 0.168. The molecule has 2 bridgehead atoms. The van der Waals surface area contributed by atoms with Crippen molar-refractivity contribution < 1.29 is 13.9 Å². The molecule has 3 aromatic rings. The van der Waals surface area contributed by atoms with Gasteiger partial charge in [0.1, 0.15) is 5.69 Å². The summed E-state index contributed by atoms with van der Waals surface area (Å²) in [6.45, 7) is 2.78. The van der Waals surface area contributed by atoms with E-state index in [4.69, 9.17) is 0 Å². The van der Waals surface area contributed by atoms with Crippen LogP contribution in [0.25, 0.3) is 21.0 Å². The van der Waals surface area contributed by atoms with Crippen LogP contribution in [0.4, 0.5) is 9.18 Å². The van der Waals surface area contributed by atoms with E-state index in [9.17, 15) is 9.18 Å². The highest BCUT2D eigenvalue weighted by molar-refractivity contribution is 7.18. The molecule has 0 spiro atoms. The summed E-state index contributed by atoms with van der Waals surface area (Å²) in [5.41, 5.74) is 2.82. The van der Waals surface area contributed by atoms with Gasteiger partial charge >= 0.3 is 6.09 Å². The van der Waals surface area contributed by atoms with Gasteiger partial charge in [0.05, 0.1) is 30.8 Å². The molecule has 1 aromatic carbocycles. The maximum Gasteiger partial charge on any atom is 0.411 e. The smallest absolute Gasteiger partial charge is 0.411 e. The summed E-state index contributed by atoms with van der Waals surface area (Å²) >= 11 is 1.68. The van der Waals surface area contributed by atoms with Gasteiger partial charge in [-0.2, -0.15) is 0 Å². The van der Waals surface area contributed by atoms with Crippen LogP contribution in [-0.2, 0) is 11.3 Å². The minimum atomic E-state index is -0.886. The highest BCUT2D eigenvalue weighted by atomic mass is 32.1. The Balaban J connectivity index is 1.28. The molecular weight excluding hydrogens is 429 g/mol. The first-order chi connectivity index (χ1) is 15.6. The number of fused-ring (bicyclic) bond motifs is 3. The topological polar surface area (TPSA) is 63.5 Å². The maximum absolute atomic E-state index is 13.1. The van der Waals surface area contributed by atoms with E-state index in [2.05, 4.69) is 43.0 Å². The average molecular weight is 456 g/mol. The Morgan fingerprint density at radius 3 is 2.59 bits per heavy atom. The third kappa shape index (κ3) is 4.14. The summed E-state index contributed by atoms with van der Waals surface area (Å²) in [6, 6.07) is 12.4. The molecule has 5 heterocycles. The molecule has 3 aliphatic rings. The van der Waals surface area contributed by atoms with Gasteiger partial charge in [0.25, 0.3) is 0 Å². The Kier molecular flexibility index (Phi) is 5.93. The number of carbonyl (C=O) groups is 1. The molecule has 1 atom stereocenters. The van der Waals surface area contributed by atoms with Crippen LogP contribution < -0.4 is 0 Å². The van der Waals surface area contributed by atoms with Gasteiger partial charge in [-0.15, -0.1) is 16.4 Å². The number of hydrogen-bond donors (Lipinski definition) is 0. The van der Waals surface area contributed by atoms with Gasteiger partial charge in [-0.25, -0.2) is 13.9 Å². The highest BCUT2D eigenvalue weighted by Gasteiger charge is 2.35. The van der Waals surface area contributed by atoms with Crippen LogP contribution in [-0.4, -0.2) is 64.4 Å². The van der Waals surface area contributed by atoms with Crippen molar-refractivity contribution in [2.45, 2.75) is 25.4 Å². The molecule has 168 valence electrons. The van der Waals surface area contributed by atoms with Crippen LogP contribution in [0.2, 0.25) is 0 Å². The lowest BCUT2D eigenvalue weighted by Gasteiger charge is -2.44. The largest absolute Gasteiger partial charge is 0.453 e. The van der Waals surface area contributed by atoms with Crippen molar-refractivity contribution in [3.8, 4) is 21.0 Å². The van der Waals surface area contributed by atoms with Crippen molar-refractivity contribution in [2.24, 2.45) is 5.92 Å². The maximum atomic E-state index is 13.1. The van der Waals surface area contributed by atoms with Crippen LogP contribution in [0.1, 0.15) is 24.4 Å². The number of alkyl halides is 1. The number of methoxy groups -OCH3 is 1. The first kappa shape index (κ1) is 21.1. The van der Waals surface area contributed by atoms with E-state index in [1.165, 1.54) is 33.0 Å².